The summed E-state index contributed by atoms with van der Waals surface area (Å²) >= 11 is 0. The quantitative estimate of drug-likeness (QED) is 0.427. The number of aliphatic hydroxyl groups excluding tert-OH is 3. The van der Waals surface area contributed by atoms with Gasteiger partial charge in [0.05, 0.1) is 18.3 Å². The van der Waals surface area contributed by atoms with Crippen LogP contribution in [0.15, 0.2) is 11.6 Å². The molecule has 202 valence electrons. The van der Waals surface area contributed by atoms with Crippen molar-refractivity contribution in [2.24, 2.45) is 34.5 Å². The zero-order valence-corrected chi connectivity index (χ0v) is 21.5. The highest BCUT2D eigenvalue weighted by Crippen LogP contribution is 2.70. The molecule has 0 spiro atoms. The minimum atomic E-state index is -1.15. The fourth-order valence-corrected chi connectivity index (χ4v) is 9.66. The summed E-state index contributed by atoms with van der Waals surface area (Å²) in [7, 11) is 0. The first-order valence-corrected chi connectivity index (χ1v) is 14.0. The molecule has 0 aromatic heterocycles. The first kappa shape index (κ1) is 25.3. The van der Waals surface area contributed by atoms with Crippen LogP contribution in [-0.4, -0.2) is 75.9 Å². The SMILES string of the molecule is CC12CCC(OC3OC(CO)C(O)C3O)CC1CCC1C2CCC2(C)C(C3=CC(=O)OC3)CCC12O. The summed E-state index contributed by atoms with van der Waals surface area (Å²) in [6, 6.07) is 0. The zero-order valence-electron chi connectivity index (χ0n) is 21.5. The average molecular weight is 507 g/mol. The van der Waals surface area contributed by atoms with E-state index in [-0.39, 0.29) is 41.3 Å². The zero-order chi connectivity index (χ0) is 25.5. The van der Waals surface area contributed by atoms with Crippen molar-refractivity contribution in [1.29, 1.82) is 0 Å². The number of carbonyl (C=O) groups excluding carboxylic acids is 1. The van der Waals surface area contributed by atoms with Crippen LogP contribution in [0.2, 0.25) is 0 Å². The van der Waals surface area contributed by atoms with Gasteiger partial charge in [-0.15, -0.1) is 0 Å². The molecule has 1 saturated heterocycles. The third kappa shape index (κ3) is 3.51. The molecule has 0 aromatic rings. The number of ether oxygens (including phenoxy) is 3. The van der Waals surface area contributed by atoms with Gasteiger partial charge in [-0.05, 0) is 92.4 Å². The lowest BCUT2D eigenvalue weighted by Gasteiger charge is -2.63. The molecule has 5 fully saturated rings. The predicted molar refractivity (Wildman–Crippen MR) is 128 cm³/mol. The number of esters is 1. The molecule has 8 heteroatoms. The first-order chi connectivity index (χ1) is 17.1. The summed E-state index contributed by atoms with van der Waals surface area (Å²) in [5.74, 6) is 1.16. The highest BCUT2D eigenvalue weighted by molar-refractivity contribution is 5.85. The van der Waals surface area contributed by atoms with Gasteiger partial charge in [0, 0.05) is 11.5 Å². The molecule has 4 N–H and O–H groups in total. The third-order valence-corrected chi connectivity index (χ3v) is 11.8. The number of cyclic esters (lactones) is 1. The third-order valence-electron chi connectivity index (χ3n) is 11.8. The van der Waals surface area contributed by atoms with Crippen LogP contribution in [-0.2, 0) is 19.0 Å². The van der Waals surface area contributed by atoms with E-state index in [1.165, 1.54) is 0 Å². The lowest BCUT2D eigenvalue weighted by atomic mass is 9.43. The summed E-state index contributed by atoms with van der Waals surface area (Å²) in [6.45, 7) is 4.70. The van der Waals surface area contributed by atoms with Crippen LogP contribution >= 0.6 is 0 Å². The fourth-order valence-electron chi connectivity index (χ4n) is 9.66. The van der Waals surface area contributed by atoms with E-state index < -0.39 is 30.2 Å². The smallest absolute Gasteiger partial charge is 0.331 e. The Hall–Kier alpha value is -1.03. The monoisotopic (exact) mass is 506 g/mol. The topological polar surface area (TPSA) is 126 Å². The normalized spacial score (nSPS) is 54.4. The van der Waals surface area contributed by atoms with Crippen LogP contribution in [0.5, 0.6) is 0 Å². The van der Waals surface area contributed by atoms with Gasteiger partial charge >= 0.3 is 5.97 Å². The van der Waals surface area contributed by atoms with E-state index in [9.17, 15) is 25.2 Å². The van der Waals surface area contributed by atoms with E-state index in [1.807, 2.05) is 0 Å². The Morgan fingerprint density at radius 2 is 1.83 bits per heavy atom. The molecule has 8 nitrogen and oxygen atoms in total. The van der Waals surface area contributed by atoms with Crippen LogP contribution in [0.3, 0.4) is 0 Å². The van der Waals surface area contributed by atoms with Crippen molar-refractivity contribution in [3.05, 3.63) is 11.6 Å². The number of hydrogen-bond donors (Lipinski definition) is 4. The van der Waals surface area contributed by atoms with E-state index in [0.717, 1.165) is 63.4 Å². The second kappa shape index (κ2) is 8.75. The summed E-state index contributed by atoms with van der Waals surface area (Å²) in [4.78, 5) is 11.8. The van der Waals surface area contributed by atoms with Gasteiger partial charge < -0.3 is 34.6 Å². The number of rotatable bonds is 4. The maximum atomic E-state index is 12.3. The van der Waals surface area contributed by atoms with Crippen LogP contribution in [0, 0.1) is 34.5 Å². The predicted octanol–water partition coefficient (Wildman–Crippen LogP) is 2.07. The highest BCUT2D eigenvalue weighted by Gasteiger charge is 2.67. The van der Waals surface area contributed by atoms with Gasteiger partial charge in [0.15, 0.2) is 6.29 Å². The van der Waals surface area contributed by atoms with Crippen molar-refractivity contribution in [3.63, 3.8) is 0 Å². The minimum Gasteiger partial charge on any atom is -0.458 e. The van der Waals surface area contributed by atoms with Crippen LogP contribution in [0.1, 0.15) is 71.6 Å². The summed E-state index contributed by atoms with van der Waals surface area (Å²) < 4.78 is 17.0. The molecule has 6 rings (SSSR count). The average Bonchev–Trinajstić information content (AvgIpc) is 3.48. The molecule has 0 aromatic carbocycles. The molecule has 4 aliphatic carbocycles. The van der Waals surface area contributed by atoms with Gasteiger partial charge in [0.25, 0.3) is 0 Å². The summed E-state index contributed by atoms with van der Waals surface area (Å²) in [5.41, 5.74) is 0.258. The van der Waals surface area contributed by atoms with Crippen molar-refractivity contribution < 1.29 is 39.4 Å². The van der Waals surface area contributed by atoms with Gasteiger partial charge in [-0.25, -0.2) is 4.79 Å². The molecule has 4 saturated carbocycles. The van der Waals surface area contributed by atoms with Crippen LogP contribution < -0.4 is 0 Å². The van der Waals surface area contributed by atoms with E-state index in [0.29, 0.717) is 18.4 Å². The standard InChI is InChI=1S/C28H42O8/c1-26-8-5-17(35-25-24(32)23(31)21(13-29)36-25)12-16(26)3-4-20-19(26)6-9-27(2)18(7-10-28(20,27)33)15-11-22(30)34-14-15/h11,16-21,23-25,29,31-33H,3-10,12-14H2,1-2H3. The minimum absolute atomic E-state index is 0.0523. The van der Waals surface area contributed by atoms with Crippen molar-refractivity contribution in [1.82, 2.24) is 0 Å². The van der Waals surface area contributed by atoms with Crippen molar-refractivity contribution >= 4 is 5.97 Å². The molecule has 0 amide bonds. The number of aliphatic hydroxyl groups is 4. The maximum Gasteiger partial charge on any atom is 0.331 e. The second-order valence-electron chi connectivity index (χ2n) is 13.0. The molecule has 12 atom stereocenters. The van der Waals surface area contributed by atoms with E-state index in [1.54, 1.807) is 6.08 Å². The molecule has 0 radical (unpaired) electrons. The van der Waals surface area contributed by atoms with Gasteiger partial charge in [-0.3, -0.25) is 0 Å². The first-order valence-electron chi connectivity index (χ1n) is 14.0. The Balaban J connectivity index is 1.16. The largest absolute Gasteiger partial charge is 0.458 e. The number of hydrogen-bond acceptors (Lipinski definition) is 8. The molecular formula is C28H42O8. The van der Waals surface area contributed by atoms with Crippen molar-refractivity contribution in [3.8, 4) is 0 Å². The Morgan fingerprint density at radius 3 is 2.53 bits per heavy atom. The Bertz CT molecular complexity index is 921. The molecular weight excluding hydrogens is 464 g/mol. The molecule has 0 bridgehead atoms. The van der Waals surface area contributed by atoms with Crippen LogP contribution in [0.25, 0.3) is 0 Å². The lowest BCUT2D eigenvalue weighted by Crippen LogP contribution is -2.62. The van der Waals surface area contributed by atoms with Crippen LogP contribution in [0.4, 0.5) is 0 Å². The van der Waals surface area contributed by atoms with Crippen molar-refractivity contribution in [2.45, 2.75) is 108 Å². The summed E-state index contributed by atoms with van der Waals surface area (Å²) in [6.07, 6.45) is 6.15. The highest BCUT2D eigenvalue weighted by atomic mass is 16.7. The molecule has 12 unspecified atom stereocenters. The number of fused-ring (bicyclic) bond motifs is 5. The van der Waals surface area contributed by atoms with Gasteiger partial charge in [0.2, 0.25) is 0 Å². The van der Waals surface area contributed by atoms with Gasteiger partial charge in [-0.2, -0.15) is 0 Å². The van der Waals surface area contributed by atoms with E-state index in [4.69, 9.17) is 14.2 Å². The van der Waals surface area contributed by atoms with E-state index >= 15 is 0 Å². The Kier molecular flexibility index (Phi) is 6.14. The lowest BCUT2D eigenvalue weighted by molar-refractivity contribution is -0.231. The molecule has 6 aliphatic rings. The molecule has 2 heterocycles. The van der Waals surface area contributed by atoms with Crippen molar-refractivity contribution in [2.75, 3.05) is 13.2 Å². The van der Waals surface area contributed by atoms with Gasteiger partial charge in [0.1, 0.15) is 24.9 Å². The Labute approximate surface area is 213 Å². The second-order valence-corrected chi connectivity index (χ2v) is 13.0. The fraction of sp³-hybridized carbons (Fsp3) is 0.893. The van der Waals surface area contributed by atoms with Gasteiger partial charge in [-0.1, -0.05) is 13.8 Å². The van der Waals surface area contributed by atoms with E-state index in [2.05, 4.69) is 13.8 Å². The Morgan fingerprint density at radius 1 is 1.03 bits per heavy atom. The molecule has 2 aliphatic heterocycles. The number of carbonyl (C=O) groups is 1. The summed E-state index contributed by atoms with van der Waals surface area (Å²) in [5, 5.41) is 42.1. The maximum absolute atomic E-state index is 12.3. The molecule has 36 heavy (non-hydrogen) atoms.